The molecular weight excluding hydrogens is 479 g/mol. The molecule has 0 aliphatic carbocycles. The van der Waals surface area contributed by atoms with Gasteiger partial charge in [0.25, 0.3) is 0 Å². The van der Waals surface area contributed by atoms with E-state index >= 15 is 0 Å². The Morgan fingerprint density at radius 3 is 1.50 bits per heavy atom. The van der Waals surface area contributed by atoms with Gasteiger partial charge in [-0.05, 0) is 78.9 Å². The molecule has 0 bridgehead atoms. The molecule has 0 radical (unpaired) electrons. The molecule has 0 saturated carbocycles. The second-order valence-electron chi connectivity index (χ2n) is 9.73. The molecular formula is C36H36OP+. The number of benzene rings is 5. The van der Waals surface area contributed by atoms with E-state index in [1.807, 2.05) is 0 Å². The van der Waals surface area contributed by atoms with Gasteiger partial charge in [-0.2, -0.15) is 0 Å². The predicted molar refractivity (Wildman–Crippen MR) is 165 cm³/mol. The number of hydrogen-bond donors (Lipinski definition) is 0. The van der Waals surface area contributed by atoms with Crippen LogP contribution in [0.15, 0.2) is 146 Å². The van der Waals surface area contributed by atoms with Crippen molar-refractivity contribution < 1.29 is 4.74 Å². The molecule has 0 N–H and O–H groups in total. The van der Waals surface area contributed by atoms with Gasteiger partial charge < -0.3 is 4.74 Å². The average molecular weight is 516 g/mol. The zero-order valence-electron chi connectivity index (χ0n) is 22.0. The fourth-order valence-electron chi connectivity index (χ4n) is 5.24. The van der Waals surface area contributed by atoms with Crippen molar-refractivity contribution in [3.05, 3.63) is 157 Å². The van der Waals surface area contributed by atoms with E-state index in [0.29, 0.717) is 0 Å². The normalized spacial score (nSPS) is 11.3. The van der Waals surface area contributed by atoms with E-state index < -0.39 is 7.26 Å². The summed E-state index contributed by atoms with van der Waals surface area (Å²) in [6.07, 6.45) is 5.38. The minimum absolute atomic E-state index is 0.755. The van der Waals surface area contributed by atoms with Crippen molar-refractivity contribution in [1.29, 1.82) is 0 Å². The molecule has 0 heterocycles. The van der Waals surface area contributed by atoms with E-state index in [0.717, 1.165) is 44.2 Å². The van der Waals surface area contributed by atoms with Crippen LogP contribution in [0.3, 0.4) is 0 Å². The molecule has 5 rings (SSSR count). The number of rotatable bonds is 12. The van der Waals surface area contributed by atoms with Crippen LogP contribution in [-0.4, -0.2) is 12.8 Å². The molecule has 0 aliphatic rings. The standard InChI is InChI=1S/C36H36OP/c1-5-16-31(17-6-1)18-13-14-28-37-33-20-15-19-32(30-33)27-29-38(34-21-7-2-8-22-34,35-23-9-3-10-24-35)36-25-11-4-12-26-36/h1-12,15-17,19-26,30H,13-14,18,27-29H2/q+1. The first-order valence-corrected chi connectivity index (χ1v) is 15.6. The summed E-state index contributed by atoms with van der Waals surface area (Å²) in [7, 11) is -1.83. The Kier molecular flexibility index (Phi) is 9.03. The second kappa shape index (κ2) is 13.2. The summed E-state index contributed by atoms with van der Waals surface area (Å²) in [6, 6.07) is 52.8. The fraction of sp³-hybridized carbons (Fsp3) is 0.167. The lowest BCUT2D eigenvalue weighted by Crippen LogP contribution is -2.34. The molecule has 0 aliphatic heterocycles. The van der Waals surface area contributed by atoms with Crippen LogP contribution in [0, 0.1) is 0 Å². The maximum absolute atomic E-state index is 6.18. The van der Waals surface area contributed by atoms with Gasteiger partial charge in [-0.15, -0.1) is 0 Å². The molecule has 190 valence electrons. The molecule has 38 heavy (non-hydrogen) atoms. The summed E-state index contributed by atoms with van der Waals surface area (Å²) in [6.45, 7) is 0.755. The van der Waals surface area contributed by atoms with Crippen LogP contribution in [0.5, 0.6) is 5.75 Å². The summed E-state index contributed by atoms with van der Waals surface area (Å²) < 4.78 is 6.18. The van der Waals surface area contributed by atoms with E-state index in [1.54, 1.807) is 0 Å². The van der Waals surface area contributed by atoms with Gasteiger partial charge in [0, 0.05) is 6.42 Å². The molecule has 1 nitrogen and oxygen atoms in total. The first kappa shape index (κ1) is 26.0. The summed E-state index contributed by atoms with van der Waals surface area (Å²) in [5, 5.41) is 4.30. The molecule has 5 aromatic rings. The Morgan fingerprint density at radius 1 is 0.447 bits per heavy atom. The highest BCUT2D eigenvalue weighted by Crippen LogP contribution is 2.55. The van der Waals surface area contributed by atoms with Crippen LogP contribution in [0.2, 0.25) is 0 Å². The van der Waals surface area contributed by atoms with Crippen molar-refractivity contribution in [2.45, 2.75) is 25.7 Å². The van der Waals surface area contributed by atoms with Crippen molar-refractivity contribution in [2.24, 2.45) is 0 Å². The van der Waals surface area contributed by atoms with Gasteiger partial charge in [-0.3, -0.25) is 0 Å². The summed E-state index contributed by atoms with van der Waals surface area (Å²) in [5.41, 5.74) is 2.73. The van der Waals surface area contributed by atoms with Crippen LogP contribution < -0.4 is 20.7 Å². The Hall–Kier alpha value is -3.67. The predicted octanol–water partition coefficient (Wildman–Crippen LogP) is 7.62. The fourth-order valence-corrected chi connectivity index (χ4v) is 9.54. The van der Waals surface area contributed by atoms with Crippen LogP contribution in [0.4, 0.5) is 0 Å². The largest absolute Gasteiger partial charge is 0.494 e. The second-order valence-corrected chi connectivity index (χ2v) is 13.3. The molecule has 0 saturated heterocycles. The third kappa shape index (κ3) is 6.42. The van der Waals surface area contributed by atoms with Gasteiger partial charge in [-0.25, -0.2) is 0 Å². The third-order valence-electron chi connectivity index (χ3n) is 7.20. The SMILES string of the molecule is c1ccc(CCCCOc2cccc(CC[P+](c3ccccc3)(c3ccccc3)c3ccccc3)c2)cc1. The van der Waals surface area contributed by atoms with Gasteiger partial charge >= 0.3 is 0 Å². The van der Waals surface area contributed by atoms with Crippen molar-refractivity contribution in [2.75, 3.05) is 12.8 Å². The summed E-state index contributed by atoms with van der Waals surface area (Å²) in [5.74, 6) is 0.977. The van der Waals surface area contributed by atoms with Gasteiger partial charge in [0.05, 0.1) is 12.8 Å². The first-order valence-electron chi connectivity index (χ1n) is 13.7. The highest BCUT2D eigenvalue weighted by atomic mass is 31.2. The smallest absolute Gasteiger partial charge is 0.119 e. The Bertz CT molecular complexity index is 1270. The highest BCUT2D eigenvalue weighted by molar-refractivity contribution is 7.95. The van der Waals surface area contributed by atoms with Crippen LogP contribution in [0.25, 0.3) is 0 Å². The molecule has 0 aromatic heterocycles. The number of hydrogen-bond acceptors (Lipinski definition) is 1. The first-order chi connectivity index (χ1) is 18.8. The number of ether oxygens (including phenoxy) is 1. The Balaban J connectivity index is 1.32. The lowest BCUT2D eigenvalue weighted by Gasteiger charge is -2.27. The number of unbranched alkanes of at least 4 members (excludes halogenated alkanes) is 1. The van der Waals surface area contributed by atoms with Gasteiger partial charge in [0.15, 0.2) is 0 Å². The monoisotopic (exact) mass is 515 g/mol. The van der Waals surface area contributed by atoms with E-state index in [-0.39, 0.29) is 0 Å². The summed E-state index contributed by atoms with van der Waals surface area (Å²) >= 11 is 0. The zero-order chi connectivity index (χ0) is 25.9. The average Bonchev–Trinajstić information content (AvgIpc) is 3.00. The van der Waals surface area contributed by atoms with Gasteiger partial charge in [0.1, 0.15) is 28.9 Å². The molecule has 5 aromatic carbocycles. The van der Waals surface area contributed by atoms with E-state index in [2.05, 4.69) is 146 Å². The maximum Gasteiger partial charge on any atom is 0.119 e. The Morgan fingerprint density at radius 2 is 0.947 bits per heavy atom. The van der Waals surface area contributed by atoms with Crippen molar-refractivity contribution in [3.63, 3.8) is 0 Å². The Labute approximate surface area is 228 Å². The van der Waals surface area contributed by atoms with Crippen LogP contribution in [0.1, 0.15) is 24.0 Å². The highest BCUT2D eigenvalue weighted by Gasteiger charge is 2.44. The lowest BCUT2D eigenvalue weighted by atomic mass is 10.1. The molecule has 0 fully saturated rings. The topological polar surface area (TPSA) is 9.23 Å². The molecule has 0 spiro atoms. The molecule has 0 unspecified atom stereocenters. The van der Waals surface area contributed by atoms with E-state index in [9.17, 15) is 0 Å². The van der Waals surface area contributed by atoms with E-state index in [1.165, 1.54) is 27.0 Å². The molecule has 0 amide bonds. The van der Waals surface area contributed by atoms with Gasteiger partial charge in [0.2, 0.25) is 0 Å². The minimum atomic E-state index is -1.83. The molecule has 2 heteroatoms. The quantitative estimate of drug-likeness (QED) is 0.123. The minimum Gasteiger partial charge on any atom is -0.494 e. The van der Waals surface area contributed by atoms with Crippen LogP contribution in [-0.2, 0) is 12.8 Å². The summed E-state index contributed by atoms with van der Waals surface area (Å²) in [4.78, 5) is 0. The number of aryl methyl sites for hydroxylation is 2. The third-order valence-corrected chi connectivity index (χ3v) is 11.6. The lowest BCUT2D eigenvalue weighted by molar-refractivity contribution is 0.306. The maximum atomic E-state index is 6.18. The van der Waals surface area contributed by atoms with Gasteiger partial charge in [-0.1, -0.05) is 97.1 Å². The van der Waals surface area contributed by atoms with E-state index in [4.69, 9.17) is 4.74 Å². The van der Waals surface area contributed by atoms with Crippen LogP contribution >= 0.6 is 7.26 Å². The van der Waals surface area contributed by atoms with Crippen molar-refractivity contribution in [1.82, 2.24) is 0 Å². The molecule has 0 atom stereocenters. The van der Waals surface area contributed by atoms with Crippen molar-refractivity contribution >= 4 is 23.2 Å². The van der Waals surface area contributed by atoms with Crippen molar-refractivity contribution in [3.8, 4) is 5.75 Å². The zero-order valence-corrected chi connectivity index (χ0v) is 22.8.